The van der Waals surface area contributed by atoms with Gasteiger partial charge in [0, 0.05) is 0 Å². The van der Waals surface area contributed by atoms with Gasteiger partial charge in [0.1, 0.15) is 67.1 Å². The summed E-state index contributed by atoms with van der Waals surface area (Å²) in [7, 11) is 1.12. The highest BCUT2D eigenvalue weighted by Crippen LogP contribution is 2.76. The van der Waals surface area contributed by atoms with E-state index in [-0.39, 0.29) is 39.4 Å². The second kappa shape index (κ2) is 18.5. The van der Waals surface area contributed by atoms with Crippen LogP contribution in [0.15, 0.2) is 11.6 Å². The van der Waals surface area contributed by atoms with Gasteiger partial charge in [0.05, 0.1) is 31.8 Å². The molecule has 0 aromatic carbocycles. The van der Waals surface area contributed by atoms with Crippen molar-refractivity contribution in [2.24, 2.45) is 50.2 Å². The van der Waals surface area contributed by atoms with E-state index < -0.39 is 134 Å². The lowest BCUT2D eigenvalue weighted by atomic mass is 9.33. The Bertz CT molecular complexity index is 1890. The zero-order chi connectivity index (χ0) is 49.8. The van der Waals surface area contributed by atoms with Crippen molar-refractivity contribution >= 4 is 11.9 Å². The highest BCUT2D eigenvalue weighted by molar-refractivity contribution is 5.79. The second-order valence-electron chi connectivity index (χ2n) is 23.7. The molecule has 7 fully saturated rings. The summed E-state index contributed by atoms with van der Waals surface area (Å²) >= 11 is 0. The van der Waals surface area contributed by atoms with Crippen LogP contribution in [0.1, 0.15) is 113 Å². The minimum Gasteiger partial charge on any atom is -0.467 e. The summed E-state index contributed by atoms with van der Waals surface area (Å²) in [4.78, 5) is 27.6. The van der Waals surface area contributed by atoms with Crippen LogP contribution in [0.25, 0.3) is 0 Å². The average molecular weight is 971 g/mol. The maximum Gasteiger partial charge on any atom is 0.337 e. The Morgan fingerprint density at radius 2 is 1.25 bits per heavy atom. The van der Waals surface area contributed by atoms with Gasteiger partial charge in [0.2, 0.25) is 6.29 Å². The number of hydrogen-bond donors (Lipinski definition) is 10. The van der Waals surface area contributed by atoms with Crippen molar-refractivity contribution in [2.75, 3.05) is 20.3 Å². The molecule has 19 nitrogen and oxygen atoms in total. The zero-order valence-corrected chi connectivity index (χ0v) is 40.7. The largest absolute Gasteiger partial charge is 0.467 e. The summed E-state index contributed by atoms with van der Waals surface area (Å²) in [6.07, 6.45) is -15.5. The van der Waals surface area contributed by atoms with E-state index in [0.29, 0.717) is 25.7 Å². The van der Waals surface area contributed by atoms with Crippen LogP contribution >= 0.6 is 0 Å². The first-order valence-corrected chi connectivity index (χ1v) is 24.7. The van der Waals surface area contributed by atoms with Crippen molar-refractivity contribution in [1.82, 2.24) is 0 Å². The Balaban J connectivity index is 1.05. The predicted octanol–water partition coefficient (Wildman–Crippen LogP) is 0.321. The number of aliphatic hydroxyl groups is 10. The molecule has 0 aromatic heterocycles. The van der Waals surface area contributed by atoms with Gasteiger partial charge in [-0.2, -0.15) is 0 Å². The lowest BCUT2D eigenvalue weighted by Crippen LogP contribution is -2.67. The third-order valence-corrected chi connectivity index (χ3v) is 19.5. The number of allylic oxidation sites excluding steroid dienone is 2. The van der Waals surface area contributed by atoms with Gasteiger partial charge in [-0.15, -0.1) is 0 Å². The Hall–Kier alpha value is -1.92. The maximum absolute atomic E-state index is 14.7. The molecular formula is C49H78O19. The third kappa shape index (κ3) is 8.13. The molecule has 0 amide bonds. The van der Waals surface area contributed by atoms with E-state index in [9.17, 15) is 60.7 Å². The van der Waals surface area contributed by atoms with Crippen LogP contribution < -0.4 is 0 Å². The first-order chi connectivity index (χ1) is 31.8. The van der Waals surface area contributed by atoms with Crippen LogP contribution in [0.5, 0.6) is 0 Å². The Labute approximate surface area is 398 Å². The van der Waals surface area contributed by atoms with Crippen molar-refractivity contribution in [2.45, 2.75) is 211 Å². The number of carbonyl (C=O) groups excluding carboxylic acids is 2. The van der Waals surface area contributed by atoms with E-state index in [0.717, 1.165) is 45.6 Å². The first kappa shape index (κ1) is 52.4. The molecule has 3 aliphatic heterocycles. The third-order valence-electron chi connectivity index (χ3n) is 19.5. The minimum absolute atomic E-state index is 0.0770. The fourth-order valence-corrected chi connectivity index (χ4v) is 15.1. The van der Waals surface area contributed by atoms with Gasteiger partial charge in [-0.1, -0.05) is 60.1 Å². The van der Waals surface area contributed by atoms with Gasteiger partial charge in [-0.3, -0.25) is 4.79 Å². The number of aliphatic hydroxyl groups excluding tert-OH is 10. The van der Waals surface area contributed by atoms with Crippen molar-refractivity contribution in [1.29, 1.82) is 0 Å². The highest BCUT2D eigenvalue weighted by Gasteiger charge is 2.70. The standard InChI is InChI=1S/C49H78O19/c1-44(2)15-17-49(43(61)68-41-36(59)32(55)30(53)25(21-51)64-41)18-16-47(6)22(23(49)19-44)9-10-27-46(5)13-12-28(45(3,4)26(46)11-14-48(27,47)7)65-42-38(34(57)33(56)37(66-42)39(60)62-8)67-40-35(58)31(54)29(52)24(20-50)63-40/h9,23-38,40-42,50-59H,10-21H2,1-8H3/t23-,24+,25+,26-,27+,28-,29-,30+,31-,32-,33-,34-,35+,36+,37-,38+,40-,41-,42+,46-,47+,48+,49-/m0/s1. The molecule has 8 aliphatic rings. The molecule has 8 rings (SSSR count). The molecule has 4 saturated carbocycles. The highest BCUT2D eigenvalue weighted by atomic mass is 16.8. The van der Waals surface area contributed by atoms with Crippen molar-refractivity contribution in [3.63, 3.8) is 0 Å². The van der Waals surface area contributed by atoms with Crippen LogP contribution in [0.4, 0.5) is 0 Å². The molecule has 5 aliphatic carbocycles. The van der Waals surface area contributed by atoms with Crippen LogP contribution in [0.3, 0.4) is 0 Å². The zero-order valence-electron chi connectivity index (χ0n) is 40.7. The smallest absolute Gasteiger partial charge is 0.337 e. The average Bonchev–Trinajstić information content (AvgIpc) is 3.29. The monoisotopic (exact) mass is 971 g/mol. The molecule has 3 heterocycles. The number of methoxy groups -OCH3 is 1. The summed E-state index contributed by atoms with van der Waals surface area (Å²) in [5.74, 6) is -1.30. The van der Waals surface area contributed by atoms with Gasteiger partial charge in [-0.25, -0.2) is 4.79 Å². The fourth-order valence-electron chi connectivity index (χ4n) is 15.1. The molecule has 0 bridgehead atoms. The molecule has 0 spiro atoms. The number of carbonyl (C=O) groups is 2. The van der Waals surface area contributed by atoms with E-state index in [1.54, 1.807) is 0 Å². The van der Waals surface area contributed by atoms with E-state index in [1.165, 1.54) is 5.57 Å². The molecule has 23 atom stereocenters. The molecule has 388 valence electrons. The van der Waals surface area contributed by atoms with Gasteiger partial charge >= 0.3 is 11.9 Å². The molecule has 19 heteroatoms. The summed E-state index contributed by atoms with van der Waals surface area (Å²) in [5.41, 5.74) is -0.950. The Morgan fingerprint density at radius 1 is 0.647 bits per heavy atom. The molecular weight excluding hydrogens is 893 g/mol. The number of hydrogen-bond acceptors (Lipinski definition) is 19. The predicted molar refractivity (Wildman–Crippen MR) is 235 cm³/mol. The molecule has 68 heavy (non-hydrogen) atoms. The van der Waals surface area contributed by atoms with E-state index >= 15 is 0 Å². The summed E-state index contributed by atoms with van der Waals surface area (Å²) < 4.78 is 41.0. The summed E-state index contributed by atoms with van der Waals surface area (Å²) in [5, 5.41) is 106. The molecule has 10 N–H and O–H groups in total. The quantitative estimate of drug-likeness (QED) is 0.0846. The molecule has 0 aromatic rings. The second-order valence-corrected chi connectivity index (χ2v) is 23.7. The normalized spacial score (nSPS) is 52.0. The van der Waals surface area contributed by atoms with Gasteiger partial charge < -0.3 is 84.2 Å². The van der Waals surface area contributed by atoms with E-state index in [1.807, 2.05) is 0 Å². The van der Waals surface area contributed by atoms with Gasteiger partial charge in [0.25, 0.3) is 0 Å². The summed E-state index contributed by atoms with van der Waals surface area (Å²) in [6.45, 7) is 14.6. The SMILES string of the molecule is COC(=O)[C@H]1O[C@@H](O[C@H]2CC[C@]3(C)[C@H]4CC=C5[C@@H]6CC(C)(C)CC[C@]6(C(=O)O[C@@H]6O[C@H](CO)[C@@H](O)[C@H](O)[C@H]6O)CC[C@@]5(C)[C@]4(C)CC[C@H]3C2(C)C)[C@H](O[C@@H]2O[C@H](CO)[C@H](O)[C@H](O)[C@H]2O)[C@@H](O)[C@@H]1O. The van der Waals surface area contributed by atoms with Gasteiger partial charge in [0.15, 0.2) is 18.7 Å². The van der Waals surface area contributed by atoms with Crippen molar-refractivity contribution in [3.8, 4) is 0 Å². The first-order valence-electron chi connectivity index (χ1n) is 24.7. The van der Waals surface area contributed by atoms with E-state index in [4.69, 9.17) is 33.2 Å². The number of fused-ring (bicyclic) bond motifs is 7. The van der Waals surface area contributed by atoms with Crippen molar-refractivity contribution in [3.05, 3.63) is 11.6 Å². The fraction of sp³-hybridized carbons (Fsp3) is 0.918. The Kier molecular flexibility index (Phi) is 14.3. The number of ether oxygens (including phenoxy) is 7. The van der Waals surface area contributed by atoms with E-state index in [2.05, 4.69) is 54.5 Å². The maximum atomic E-state index is 14.7. The number of esters is 2. The van der Waals surface area contributed by atoms with Crippen LogP contribution in [0, 0.1) is 50.2 Å². The summed E-state index contributed by atoms with van der Waals surface area (Å²) in [6, 6.07) is 0. The number of rotatable bonds is 9. The lowest BCUT2D eigenvalue weighted by molar-refractivity contribution is -0.374. The molecule has 0 unspecified atom stereocenters. The minimum atomic E-state index is -1.85. The Morgan fingerprint density at radius 3 is 1.87 bits per heavy atom. The van der Waals surface area contributed by atoms with Crippen LogP contribution in [0.2, 0.25) is 0 Å². The lowest BCUT2D eigenvalue weighted by Gasteiger charge is -2.71. The van der Waals surface area contributed by atoms with Gasteiger partial charge in [-0.05, 0) is 109 Å². The van der Waals surface area contributed by atoms with Crippen LogP contribution in [-0.2, 0) is 42.7 Å². The van der Waals surface area contributed by atoms with Crippen molar-refractivity contribution < 1.29 is 93.8 Å². The molecule has 0 radical (unpaired) electrons. The van der Waals surface area contributed by atoms with Crippen LogP contribution in [-0.4, -0.2) is 182 Å². The topological polar surface area (TPSA) is 301 Å². The molecule has 3 saturated heterocycles.